The van der Waals surface area contributed by atoms with Gasteiger partial charge in [0.05, 0.1) is 16.7 Å². The number of imide groups is 1. The van der Waals surface area contributed by atoms with E-state index in [1.807, 2.05) is 0 Å². The smallest absolute Gasteiger partial charge is 0.280 e. The summed E-state index contributed by atoms with van der Waals surface area (Å²) in [6.45, 7) is 1.32. The number of carbonyl (C=O) groups is 4. The third-order valence-electron chi connectivity index (χ3n) is 3.57. The number of phenols is 1. The molecule has 0 aliphatic carbocycles. The lowest BCUT2D eigenvalue weighted by atomic mass is 10.1. The molecule has 0 unspecified atom stereocenters. The molecule has 0 aromatic heterocycles. The molecule has 0 bridgehead atoms. The summed E-state index contributed by atoms with van der Waals surface area (Å²) in [5.41, 5.74) is 2.65. The van der Waals surface area contributed by atoms with Gasteiger partial charge in [-0.1, -0.05) is 12.1 Å². The van der Waals surface area contributed by atoms with Crippen LogP contribution in [-0.4, -0.2) is 33.7 Å². The second-order valence-corrected chi connectivity index (χ2v) is 5.35. The van der Waals surface area contributed by atoms with Crippen LogP contribution < -0.4 is 10.7 Å². The van der Waals surface area contributed by atoms with Crippen molar-refractivity contribution in [2.45, 2.75) is 6.92 Å². The first-order valence-corrected chi connectivity index (χ1v) is 7.28. The van der Waals surface area contributed by atoms with Crippen molar-refractivity contribution in [1.82, 2.24) is 10.4 Å². The van der Waals surface area contributed by atoms with Gasteiger partial charge in [-0.2, -0.15) is 5.01 Å². The Morgan fingerprint density at radius 2 is 1.68 bits per heavy atom. The van der Waals surface area contributed by atoms with Crippen molar-refractivity contribution >= 4 is 29.3 Å². The lowest BCUT2D eigenvalue weighted by Crippen LogP contribution is -2.45. The molecule has 8 nitrogen and oxygen atoms in total. The van der Waals surface area contributed by atoms with Crippen LogP contribution in [0.5, 0.6) is 5.75 Å². The first kappa shape index (κ1) is 16.2. The van der Waals surface area contributed by atoms with Crippen LogP contribution in [0.4, 0.5) is 5.69 Å². The summed E-state index contributed by atoms with van der Waals surface area (Å²) in [5.74, 6) is -2.81. The second kappa shape index (κ2) is 6.08. The van der Waals surface area contributed by atoms with Gasteiger partial charge in [0.1, 0.15) is 5.75 Å². The minimum absolute atomic E-state index is 0.0637. The fraction of sp³-hybridized carbons (Fsp3) is 0.0588. The number of nitrogens with one attached hydrogen (secondary N) is 2. The van der Waals surface area contributed by atoms with E-state index in [1.54, 1.807) is 0 Å². The van der Waals surface area contributed by atoms with E-state index in [0.29, 0.717) is 10.7 Å². The van der Waals surface area contributed by atoms with Crippen molar-refractivity contribution in [2.24, 2.45) is 0 Å². The quantitative estimate of drug-likeness (QED) is 0.729. The van der Waals surface area contributed by atoms with Crippen LogP contribution in [0.2, 0.25) is 0 Å². The number of benzene rings is 2. The highest BCUT2D eigenvalue weighted by molar-refractivity contribution is 6.22. The topological polar surface area (TPSA) is 116 Å². The standard InChI is InChI=1S/C17H13N3O5/c1-9(21)18-10-6-7-11-13(8-10)17(25)20(16(11)24)19-15(23)12-4-2-3-5-14(12)22/h2-8,22H,1H3,(H,18,21)(H,19,23). The number of aromatic hydroxyl groups is 1. The summed E-state index contributed by atoms with van der Waals surface area (Å²) in [7, 11) is 0. The molecular formula is C17H13N3O5. The Hall–Kier alpha value is -3.68. The third-order valence-corrected chi connectivity index (χ3v) is 3.57. The molecule has 3 rings (SSSR count). The molecule has 25 heavy (non-hydrogen) atoms. The predicted molar refractivity (Wildman–Crippen MR) is 86.8 cm³/mol. The number of hydrogen-bond donors (Lipinski definition) is 3. The Kier molecular flexibility index (Phi) is 3.94. The van der Waals surface area contributed by atoms with E-state index in [-0.39, 0.29) is 28.3 Å². The maximum Gasteiger partial charge on any atom is 0.280 e. The van der Waals surface area contributed by atoms with Gasteiger partial charge in [-0.25, -0.2) is 0 Å². The highest BCUT2D eigenvalue weighted by Crippen LogP contribution is 2.25. The van der Waals surface area contributed by atoms with Crippen LogP contribution in [0.1, 0.15) is 38.0 Å². The van der Waals surface area contributed by atoms with Gasteiger partial charge in [-0.05, 0) is 30.3 Å². The van der Waals surface area contributed by atoms with Gasteiger partial charge < -0.3 is 10.4 Å². The van der Waals surface area contributed by atoms with E-state index in [1.165, 1.54) is 49.4 Å². The SMILES string of the molecule is CC(=O)Nc1ccc2c(c1)C(=O)N(NC(=O)c1ccccc1O)C2=O. The first-order chi connectivity index (χ1) is 11.9. The van der Waals surface area contributed by atoms with Crippen LogP contribution in [0.15, 0.2) is 42.5 Å². The largest absolute Gasteiger partial charge is 0.507 e. The van der Waals surface area contributed by atoms with Gasteiger partial charge in [0.2, 0.25) is 5.91 Å². The van der Waals surface area contributed by atoms with Crippen molar-refractivity contribution in [3.8, 4) is 5.75 Å². The normalized spacial score (nSPS) is 12.8. The predicted octanol–water partition coefficient (Wildman–Crippen LogP) is 1.29. The maximum atomic E-state index is 12.4. The van der Waals surface area contributed by atoms with E-state index >= 15 is 0 Å². The van der Waals surface area contributed by atoms with Gasteiger partial charge in [0.15, 0.2) is 0 Å². The Morgan fingerprint density at radius 3 is 2.36 bits per heavy atom. The summed E-state index contributed by atoms with van der Waals surface area (Å²) in [6.07, 6.45) is 0. The van der Waals surface area contributed by atoms with E-state index in [0.717, 1.165) is 0 Å². The number of hydrogen-bond acceptors (Lipinski definition) is 5. The van der Waals surface area contributed by atoms with Crippen LogP contribution in [0.3, 0.4) is 0 Å². The fourth-order valence-corrected chi connectivity index (χ4v) is 2.45. The lowest BCUT2D eigenvalue weighted by molar-refractivity contribution is -0.114. The molecule has 2 aromatic carbocycles. The molecule has 3 N–H and O–H groups in total. The molecule has 4 amide bonds. The number of hydrazine groups is 1. The number of nitrogens with zero attached hydrogens (tertiary/aromatic N) is 1. The number of para-hydroxylation sites is 1. The zero-order valence-electron chi connectivity index (χ0n) is 13.1. The number of carbonyl (C=O) groups excluding carboxylic acids is 4. The molecule has 0 spiro atoms. The summed E-state index contributed by atoms with van der Waals surface area (Å²) < 4.78 is 0. The average Bonchev–Trinajstić information content (AvgIpc) is 2.79. The molecule has 1 aliphatic heterocycles. The third kappa shape index (κ3) is 2.92. The zero-order valence-corrected chi connectivity index (χ0v) is 13.1. The minimum Gasteiger partial charge on any atom is -0.507 e. The van der Waals surface area contributed by atoms with Crippen molar-refractivity contribution in [2.75, 3.05) is 5.32 Å². The van der Waals surface area contributed by atoms with Gasteiger partial charge in [0, 0.05) is 12.6 Å². The van der Waals surface area contributed by atoms with Gasteiger partial charge >= 0.3 is 0 Å². The Bertz CT molecular complexity index is 922. The molecule has 0 fully saturated rings. The monoisotopic (exact) mass is 339 g/mol. The van der Waals surface area contributed by atoms with Crippen LogP contribution in [0.25, 0.3) is 0 Å². The molecule has 1 heterocycles. The summed E-state index contributed by atoms with van der Waals surface area (Å²) in [5, 5.41) is 12.8. The number of anilines is 1. The number of fused-ring (bicyclic) bond motifs is 1. The molecular weight excluding hydrogens is 326 g/mol. The highest BCUT2D eigenvalue weighted by Gasteiger charge is 2.37. The van der Waals surface area contributed by atoms with Crippen molar-refractivity contribution in [3.05, 3.63) is 59.2 Å². The number of rotatable bonds is 3. The number of phenolic OH excluding ortho intramolecular Hbond substituents is 1. The Balaban J connectivity index is 1.86. The van der Waals surface area contributed by atoms with Gasteiger partial charge in [-0.15, -0.1) is 0 Å². The van der Waals surface area contributed by atoms with Crippen molar-refractivity contribution < 1.29 is 24.3 Å². The molecule has 0 atom stereocenters. The summed E-state index contributed by atoms with van der Waals surface area (Å²) in [6, 6.07) is 10.00. The molecule has 1 aliphatic rings. The zero-order chi connectivity index (χ0) is 18.1. The fourth-order valence-electron chi connectivity index (χ4n) is 2.45. The van der Waals surface area contributed by atoms with Crippen molar-refractivity contribution in [1.29, 1.82) is 0 Å². The molecule has 0 saturated carbocycles. The van der Waals surface area contributed by atoms with Crippen LogP contribution in [-0.2, 0) is 4.79 Å². The molecule has 8 heteroatoms. The van der Waals surface area contributed by atoms with Crippen LogP contribution in [0, 0.1) is 0 Å². The maximum absolute atomic E-state index is 12.4. The van der Waals surface area contributed by atoms with E-state index in [2.05, 4.69) is 10.7 Å². The summed E-state index contributed by atoms with van der Waals surface area (Å²) >= 11 is 0. The first-order valence-electron chi connectivity index (χ1n) is 7.28. The minimum atomic E-state index is -0.797. The summed E-state index contributed by atoms with van der Waals surface area (Å²) in [4.78, 5) is 48.1. The lowest BCUT2D eigenvalue weighted by Gasteiger charge is -2.15. The van der Waals surface area contributed by atoms with Crippen LogP contribution >= 0.6 is 0 Å². The molecule has 2 aromatic rings. The molecule has 126 valence electrons. The number of amides is 4. The molecule has 0 saturated heterocycles. The Labute approximate surface area is 142 Å². The van der Waals surface area contributed by atoms with Gasteiger partial charge in [-0.3, -0.25) is 24.6 Å². The van der Waals surface area contributed by atoms with E-state index in [4.69, 9.17) is 0 Å². The highest BCUT2D eigenvalue weighted by atomic mass is 16.3. The van der Waals surface area contributed by atoms with E-state index < -0.39 is 17.7 Å². The molecule has 0 radical (unpaired) electrons. The van der Waals surface area contributed by atoms with E-state index in [9.17, 15) is 24.3 Å². The average molecular weight is 339 g/mol. The Morgan fingerprint density at radius 1 is 1.00 bits per heavy atom. The second-order valence-electron chi connectivity index (χ2n) is 5.35. The van der Waals surface area contributed by atoms with Crippen molar-refractivity contribution in [3.63, 3.8) is 0 Å². The van der Waals surface area contributed by atoms with Gasteiger partial charge in [0.25, 0.3) is 17.7 Å².